The third-order valence-electron chi connectivity index (χ3n) is 4.54. The maximum absolute atomic E-state index is 12.4. The molecular formula is C12H26ClN3O2S. The van der Waals surface area contributed by atoms with Crippen molar-refractivity contribution in [1.82, 2.24) is 8.61 Å². The highest BCUT2D eigenvalue weighted by Crippen LogP contribution is 2.37. The predicted molar refractivity (Wildman–Crippen MR) is 79.4 cm³/mol. The van der Waals surface area contributed by atoms with Crippen LogP contribution in [0.15, 0.2) is 0 Å². The number of rotatable bonds is 3. The zero-order valence-corrected chi connectivity index (χ0v) is 13.6. The summed E-state index contributed by atoms with van der Waals surface area (Å²) < 4.78 is 28.0. The first kappa shape index (κ1) is 17.2. The number of fused-ring (bicyclic) bond motifs is 1. The second-order valence-corrected chi connectivity index (χ2v) is 7.94. The summed E-state index contributed by atoms with van der Waals surface area (Å²) in [5.74, 6) is 0.818. The number of hydrogen-bond donors (Lipinski definition) is 1. The predicted octanol–water partition coefficient (Wildman–Crippen LogP) is 1.05. The van der Waals surface area contributed by atoms with Crippen molar-refractivity contribution in [2.24, 2.45) is 17.6 Å². The van der Waals surface area contributed by atoms with Gasteiger partial charge in [-0.3, -0.25) is 0 Å². The number of halogens is 1. The average Bonchev–Trinajstić information content (AvgIpc) is 2.73. The van der Waals surface area contributed by atoms with Crippen molar-refractivity contribution in [3.8, 4) is 0 Å². The Morgan fingerprint density at radius 1 is 1.26 bits per heavy atom. The molecule has 1 aliphatic carbocycles. The van der Waals surface area contributed by atoms with E-state index < -0.39 is 10.2 Å². The van der Waals surface area contributed by atoms with Gasteiger partial charge in [-0.2, -0.15) is 17.0 Å². The molecule has 0 amide bonds. The van der Waals surface area contributed by atoms with Crippen molar-refractivity contribution in [2.45, 2.75) is 45.2 Å². The van der Waals surface area contributed by atoms with Gasteiger partial charge in [-0.25, -0.2) is 0 Å². The van der Waals surface area contributed by atoms with Gasteiger partial charge in [0.15, 0.2) is 0 Å². The second kappa shape index (κ2) is 6.26. The Labute approximate surface area is 123 Å². The van der Waals surface area contributed by atoms with Crippen molar-refractivity contribution in [2.75, 3.05) is 20.1 Å². The molecule has 0 aromatic rings. The zero-order chi connectivity index (χ0) is 13.5. The van der Waals surface area contributed by atoms with Crippen LogP contribution in [0.25, 0.3) is 0 Å². The lowest BCUT2D eigenvalue weighted by atomic mass is 9.78. The van der Waals surface area contributed by atoms with Crippen LogP contribution >= 0.6 is 12.4 Å². The van der Waals surface area contributed by atoms with E-state index in [-0.39, 0.29) is 24.5 Å². The molecule has 7 heteroatoms. The van der Waals surface area contributed by atoms with E-state index in [0.29, 0.717) is 24.9 Å². The van der Waals surface area contributed by atoms with E-state index in [9.17, 15) is 8.42 Å². The molecule has 114 valence electrons. The maximum Gasteiger partial charge on any atom is 0.281 e. The molecule has 2 N–H and O–H groups in total. The molecule has 1 saturated carbocycles. The fourth-order valence-corrected chi connectivity index (χ4v) is 4.75. The standard InChI is InChI=1S/C12H25N3O2S.ClH/c1-9(2)14(3)18(16,17)15-7-10-5-4-6-12(13)11(10)8-15;/h9-12H,4-8,13H2,1-3H3;1H. The summed E-state index contributed by atoms with van der Waals surface area (Å²) in [6, 6.07) is 0.166. The third-order valence-corrected chi connectivity index (χ3v) is 6.64. The molecule has 1 saturated heterocycles. The summed E-state index contributed by atoms with van der Waals surface area (Å²) in [4.78, 5) is 0. The van der Waals surface area contributed by atoms with Gasteiger partial charge in [0.05, 0.1) is 0 Å². The van der Waals surface area contributed by atoms with E-state index in [1.54, 1.807) is 11.4 Å². The summed E-state index contributed by atoms with van der Waals surface area (Å²) in [7, 11) is -1.65. The molecular weight excluding hydrogens is 286 g/mol. The van der Waals surface area contributed by atoms with Gasteiger partial charge in [0, 0.05) is 32.2 Å². The van der Waals surface area contributed by atoms with Crippen LogP contribution in [0.2, 0.25) is 0 Å². The summed E-state index contributed by atoms with van der Waals surface area (Å²) >= 11 is 0. The lowest BCUT2D eigenvalue weighted by Crippen LogP contribution is -2.44. The highest BCUT2D eigenvalue weighted by atomic mass is 35.5. The summed E-state index contributed by atoms with van der Waals surface area (Å²) in [6.45, 7) is 5.04. The number of hydrogen-bond acceptors (Lipinski definition) is 3. The minimum Gasteiger partial charge on any atom is -0.327 e. The topological polar surface area (TPSA) is 66.6 Å². The van der Waals surface area contributed by atoms with Gasteiger partial charge in [-0.05, 0) is 38.5 Å². The van der Waals surface area contributed by atoms with E-state index >= 15 is 0 Å². The second-order valence-electron chi connectivity index (χ2n) is 5.95. The quantitative estimate of drug-likeness (QED) is 0.847. The van der Waals surface area contributed by atoms with Gasteiger partial charge in [0.1, 0.15) is 0 Å². The number of nitrogens with two attached hydrogens (primary N) is 1. The van der Waals surface area contributed by atoms with E-state index in [1.165, 1.54) is 4.31 Å². The van der Waals surface area contributed by atoms with Crippen LogP contribution in [0.4, 0.5) is 0 Å². The highest BCUT2D eigenvalue weighted by Gasteiger charge is 2.44. The van der Waals surface area contributed by atoms with Gasteiger partial charge in [0.25, 0.3) is 10.2 Å². The Morgan fingerprint density at radius 2 is 1.89 bits per heavy atom. The Bertz CT molecular complexity index is 402. The summed E-state index contributed by atoms with van der Waals surface area (Å²) in [5, 5.41) is 0. The fraction of sp³-hybridized carbons (Fsp3) is 1.00. The van der Waals surface area contributed by atoms with Crippen molar-refractivity contribution in [3.63, 3.8) is 0 Å². The van der Waals surface area contributed by atoms with Gasteiger partial charge in [-0.15, -0.1) is 12.4 Å². The van der Waals surface area contributed by atoms with Crippen molar-refractivity contribution in [3.05, 3.63) is 0 Å². The van der Waals surface area contributed by atoms with Gasteiger partial charge in [-0.1, -0.05) is 6.42 Å². The van der Waals surface area contributed by atoms with Gasteiger partial charge >= 0.3 is 0 Å². The van der Waals surface area contributed by atoms with Gasteiger partial charge in [0.2, 0.25) is 0 Å². The molecule has 1 heterocycles. The minimum absolute atomic E-state index is 0. The van der Waals surface area contributed by atoms with Crippen LogP contribution in [0.5, 0.6) is 0 Å². The number of nitrogens with zero attached hydrogens (tertiary/aromatic N) is 2. The van der Waals surface area contributed by atoms with E-state index in [0.717, 1.165) is 19.3 Å². The van der Waals surface area contributed by atoms with Crippen LogP contribution in [-0.4, -0.2) is 49.2 Å². The minimum atomic E-state index is -3.31. The monoisotopic (exact) mass is 311 g/mol. The first-order valence-corrected chi connectivity index (χ1v) is 8.22. The molecule has 0 bridgehead atoms. The Balaban J connectivity index is 0.00000180. The van der Waals surface area contributed by atoms with Crippen LogP contribution in [-0.2, 0) is 10.2 Å². The van der Waals surface area contributed by atoms with E-state index in [2.05, 4.69) is 0 Å². The normalized spacial score (nSPS) is 32.4. The molecule has 2 rings (SSSR count). The van der Waals surface area contributed by atoms with Crippen LogP contribution in [0.3, 0.4) is 0 Å². The van der Waals surface area contributed by atoms with E-state index in [1.807, 2.05) is 13.8 Å². The summed E-state index contributed by atoms with van der Waals surface area (Å²) in [6.07, 6.45) is 3.29. The molecule has 3 unspecified atom stereocenters. The first-order valence-electron chi connectivity index (χ1n) is 6.82. The molecule has 1 aliphatic heterocycles. The first-order chi connectivity index (χ1) is 8.34. The lowest BCUT2D eigenvalue weighted by Gasteiger charge is -2.29. The van der Waals surface area contributed by atoms with Crippen molar-refractivity contribution < 1.29 is 8.42 Å². The fourth-order valence-electron chi connectivity index (χ4n) is 3.11. The Kier molecular flexibility index (Phi) is 5.66. The maximum atomic E-state index is 12.4. The summed E-state index contributed by atoms with van der Waals surface area (Å²) in [5.41, 5.74) is 6.13. The van der Waals surface area contributed by atoms with Crippen molar-refractivity contribution >= 4 is 22.6 Å². The van der Waals surface area contributed by atoms with E-state index in [4.69, 9.17) is 5.73 Å². The molecule has 0 radical (unpaired) electrons. The van der Waals surface area contributed by atoms with Crippen molar-refractivity contribution in [1.29, 1.82) is 0 Å². The van der Waals surface area contributed by atoms with Crippen LogP contribution < -0.4 is 5.73 Å². The molecule has 3 atom stereocenters. The molecule has 0 aromatic heterocycles. The average molecular weight is 312 g/mol. The van der Waals surface area contributed by atoms with Crippen LogP contribution in [0.1, 0.15) is 33.1 Å². The smallest absolute Gasteiger partial charge is 0.281 e. The molecule has 2 aliphatic rings. The Hall–Kier alpha value is 0.120. The largest absolute Gasteiger partial charge is 0.327 e. The molecule has 5 nitrogen and oxygen atoms in total. The zero-order valence-electron chi connectivity index (χ0n) is 11.9. The molecule has 0 aromatic carbocycles. The molecule has 0 spiro atoms. The molecule has 2 fully saturated rings. The lowest BCUT2D eigenvalue weighted by molar-refractivity contribution is 0.260. The Morgan fingerprint density at radius 3 is 2.42 bits per heavy atom. The highest BCUT2D eigenvalue weighted by molar-refractivity contribution is 7.86. The molecule has 19 heavy (non-hydrogen) atoms. The third kappa shape index (κ3) is 3.24. The SMILES string of the molecule is CC(C)N(C)S(=O)(=O)N1CC2CCCC(N)C2C1.Cl. The van der Waals surface area contributed by atoms with Crippen LogP contribution in [0, 0.1) is 11.8 Å². The van der Waals surface area contributed by atoms with Gasteiger partial charge < -0.3 is 5.73 Å².